The van der Waals surface area contributed by atoms with Crippen molar-refractivity contribution in [2.45, 2.75) is 39.2 Å². The number of nitrogens with zero attached hydrogens (tertiary/aromatic N) is 1. The Morgan fingerprint density at radius 3 is 2.83 bits per heavy atom. The van der Waals surface area contributed by atoms with Crippen LogP contribution >= 0.6 is 11.6 Å². The van der Waals surface area contributed by atoms with E-state index >= 15 is 0 Å². The van der Waals surface area contributed by atoms with E-state index in [1.54, 1.807) is 0 Å². The quantitative estimate of drug-likeness (QED) is 0.852. The number of fused-ring (bicyclic) bond motifs is 2. The van der Waals surface area contributed by atoms with Crippen molar-refractivity contribution in [3.05, 3.63) is 39.5 Å². The van der Waals surface area contributed by atoms with Crippen LogP contribution in [0, 0.1) is 6.92 Å². The number of aromatic nitrogens is 1. The minimum Gasteiger partial charge on any atom is -0.326 e. The topological polar surface area (TPSA) is 38.9 Å². The largest absolute Gasteiger partial charge is 0.326 e. The molecule has 0 saturated carbocycles. The Labute approximate surface area is 112 Å². The fourth-order valence-corrected chi connectivity index (χ4v) is 3.26. The number of halogens is 1. The lowest BCUT2D eigenvalue weighted by molar-refractivity contribution is 0.664. The number of hydrogen-bond acceptors (Lipinski definition) is 2. The zero-order valence-electron chi connectivity index (χ0n) is 10.6. The van der Waals surface area contributed by atoms with Crippen LogP contribution in [-0.2, 0) is 19.4 Å². The molecule has 0 saturated heterocycles. The van der Waals surface area contributed by atoms with Crippen LogP contribution in [0.5, 0.6) is 0 Å². The molecule has 2 aromatic rings. The van der Waals surface area contributed by atoms with Crippen LogP contribution in [0.2, 0.25) is 5.02 Å². The van der Waals surface area contributed by atoms with E-state index in [4.69, 9.17) is 22.3 Å². The number of rotatable bonds is 1. The molecule has 0 amide bonds. The lowest BCUT2D eigenvalue weighted by atomic mass is 9.89. The molecule has 3 rings (SSSR count). The predicted octanol–water partition coefficient (Wildman–Crippen LogP) is 3.53. The average Bonchev–Trinajstić information content (AvgIpc) is 2.36. The van der Waals surface area contributed by atoms with Crippen molar-refractivity contribution in [2.75, 3.05) is 0 Å². The molecule has 1 heterocycles. The highest BCUT2D eigenvalue weighted by Crippen LogP contribution is 2.32. The summed E-state index contributed by atoms with van der Waals surface area (Å²) in [5, 5.41) is 1.91. The molecule has 0 aliphatic heterocycles. The number of nitrogens with two attached hydrogens (primary N) is 1. The molecule has 0 radical (unpaired) electrons. The molecule has 3 heteroatoms. The summed E-state index contributed by atoms with van der Waals surface area (Å²) in [6.07, 6.45) is 4.67. The third-order valence-electron chi connectivity index (χ3n) is 3.84. The first-order valence-electron chi connectivity index (χ1n) is 6.51. The molecule has 1 aromatic heterocycles. The third-order valence-corrected chi connectivity index (χ3v) is 4.06. The summed E-state index contributed by atoms with van der Waals surface area (Å²) in [6.45, 7) is 2.64. The van der Waals surface area contributed by atoms with E-state index in [2.05, 4.69) is 6.92 Å². The van der Waals surface area contributed by atoms with E-state index < -0.39 is 0 Å². The van der Waals surface area contributed by atoms with Gasteiger partial charge in [0.25, 0.3) is 0 Å². The van der Waals surface area contributed by atoms with Gasteiger partial charge in [0.1, 0.15) is 0 Å². The van der Waals surface area contributed by atoms with Gasteiger partial charge in [-0.15, -0.1) is 0 Å². The molecule has 0 bridgehead atoms. The zero-order chi connectivity index (χ0) is 12.7. The Morgan fingerprint density at radius 2 is 2.06 bits per heavy atom. The first-order chi connectivity index (χ1) is 8.70. The summed E-state index contributed by atoms with van der Waals surface area (Å²) in [7, 11) is 0. The van der Waals surface area contributed by atoms with E-state index in [0.717, 1.165) is 34.3 Å². The second-order valence-electron chi connectivity index (χ2n) is 5.05. The van der Waals surface area contributed by atoms with Crippen molar-refractivity contribution in [2.24, 2.45) is 5.73 Å². The summed E-state index contributed by atoms with van der Waals surface area (Å²) in [6, 6.07) is 3.99. The molecule has 2 N–H and O–H groups in total. The highest BCUT2D eigenvalue weighted by atomic mass is 35.5. The van der Waals surface area contributed by atoms with Crippen molar-refractivity contribution in [3.8, 4) is 0 Å². The van der Waals surface area contributed by atoms with Gasteiger partial charge in [0.05, 0.1) is 5.52 Å². The second-order valence-corrected chi connectivity index (χ2v) is 5.48. The van der Waals surface area contributed by atoms with Gasteiger partial charge in [0, 0.05) is 22.6 Å². The lowest BCUT2D eigenvalue weighted by Crippen LogP contribution is -2.12. The van der Waals surface area contributed by atoms with Crippen LogP contribution in [0.3, 0.4) is 0 Å². The van der Waals surface area contributed by atoms with Gasteiger partial charge in [-0.05, 0) is 61.4 Å². The van der Waals surface area contributed by atoms with Crippen molar-refractivity contribution < 1.29 is 0 Å². The Morgan fingerprint density at radius 1 is 1.28 bits per heavy atom. The molecular weight excluding hydrogens is 244 g/mol. The van der Waals surface area contributed by atoms with Gasteiger partial charge < -0.3 is 5.73 Å². The molecule has 0 spiro atoms. The van der Waals surface area contributed by atoms with E-state index in [1.807, 2.05) is 12.1 Å². The molecule has 1 aliphatic carbocycles. The van der Waals surface area contributed by atoms with Gasteiger partial charge in [-0.25, -0.2) is 0 Å². The first kappa shape index (κ1) is 11.9. The number of pyridine rings is 1. The highest BCUT2D eigenvalue weighted by Gasteiger charge is 2.18. The predicted molar refractivity (Wildman–Crippen MR) is 76.0 cm³/mol. The summed E-state index contributed by atoms with van der Waals surface area (Å²) in [5.74, 6) is 0. The van der Waals surface area contributed by atoms with Crippen LogP contribution in [0.15, 0.2) is 12.1 Å². The molecule has 94 valence electrons. The van der Waals surface area contributed by atoms with Gasteiger partial charge >= 0.3 is 0 Å². The summed E-state index contributed by atoms with van der Waals surface area (Å²) >= 11 is 6.17. The second kappa shape index (κ2) is 4.52. The molecule has 2 nitrogen and oxygen atoms in total. The maximum Gasteiger partial charge on any atom is 0.0738 e. The third kappa shape index (κ3) is 1.80. The van der Waals surface area contributed by atoms with E-state index in [0.29, 0.717) is 6.54 Å². The summed E-state index contributed by atoms with van der Waals surface area (Å²) in [4.78, 5) is 4.85. The minimum atomic E-state index is 0.571. The molecule has 1 aromatic carbocycles. The Balaban J connectivity index is 2.40. The molecule has 0 atom stereocenters. The van der Waals surface area contributed by atoms with Gasteiger partial charge in [-0.1, -0.05) is 11.6 Å². The number of hydrogen-bond donors (Lipinski definition) is 1. The van der Waals surface area contributed by atoms with Crippen LogP contribution in [0.25, 0.3) is 10.9 Å². The van der Waals surface area contributed by atoms with Crippen molar-refractivity contribution in [1.29, 1.82) is 0 Å². The standard InChI is InChI=1S/C15H17ClN2/c1-9-6-10(16)7-12-13(8-17)11-4-2-3-5-14(11)18-15(9)12/h6-7H,2-5,8,17H2,1H3. The normalized spacial score (nSPS) is 14.8. The summed E-state index contributed by atoms with van der Waals surface area (Å²) < 4.78 is 0. The molecule has 18 heavy (non-hydrogen) atoms. The van der Waals surface area contributed by atoms with Gasteiger partial charge in [-0.3, -0.25) is 4.98 Å². The number of aryl methyl sites for hydroxylation is 2. The SMILES string of the molecule is Cc1cc(Cl)cc2c(CN)c3c(nc12)CCCC3. The van der Waals surface area contributed by atoms with Crippen LogP contribution < -0.4 is 5.73 Å². The van der Waals surface area contributed by atoms with Gasteiger partial charge in [0.2, 0.25) is 0 Å². The van der Waals surface area contributed by atoms with Gasteiger partial charge in [-0.2, -0.15) is 0 Å². The fourth-order valence-electron chi connectivity index (χ4n) is 2.98. The number of benzene rings is 1. The Hall–Kier alpha value is -1.12. The molecule has 1 aliphatic rings. The van der Waals surface area contributed by atoms with E-state index in [-0.39, 0.29) is 0 Å². The molecular formula is C15H17ClN2. The monoisotopic (exact) mass is 260 g/mol. The van der Waals surface area contributed by atoms with Crippen LogP contribution in [0.4, 0.5) is 0 Å². The fraction of sp³-hybridized carbons (Fsp3) is 0.400. The Kier molecular flexibility index (Phi) is 3.00. The van der Waals surface area contributed by atoms with Crippen LogP contribution in [-0.4, -0.2) is 4.98 Å². The smallest absolute Gasteiger partial charge is 0.0738 e. The average molecular weight is 261 g/mol. The van der Waals surface area contributed by atoms with E-state index in [1.165, 1.54) is 29.7 Å². The van der Waals surface area contributed by atoms with Gasteiger partial charge in [0.15, 0.2) is 0 Å². The zero-order valence-corrected chi connectivity index (χ0v) is 11.3. The summed E-state index contributed by atoms with van der Waals surface area (Å²) in [5.41, 5.74) is 12.1. The highest BCUT2D eigenvalue weighted by molar-refractivity contribution is 6.31. The lowest BCUT2D eigenvalue weighted by Gasteiger charge is -2.20. The minimum absolute atomic E-state index is 0.571. The van der Waals surface area contributed by atoms with E-state index in [9.17, 15) is 0 Å². The molecule has 0 unspecified atom stereocenters. The van der Waals surface area contributed by atoms with Crippen molar-refractivity contribution in [1.82, 2.24) is 4.98 Å². The molecule has 0 fully saturated rings. The van der Waals surface area contributed by atoms with Crippen molar-refractivity contribution in [3.63, 3.8) is 0 Å². The van der Waals surface area contributed by atoms with Crippen LogP contribution in [0.1, 0.15) is 35.2 Å². The maximum atomic E-state index is 6.17. The van der Waals surface area contributed by atoms with Crippen molar-refractivity contribution >= 4 is 22.5 Å². The first-order valence-corrected chi connectivity index (χ1v) is 6.89. The maximum absolute atomic E-state index is 6.17. The Bertz CT molecular complexity index is 620.